The number of aryl methyl sites for hydroxylation is 1. The lowest BCUT2D eigenvalue weighted by atomic mass is 10.0. The van der Waals surface area contributed by atoms with Crippen molar-refractivity contribution < 1.29 is 9.53 Å². The molecule has 0 unspecified atom stereocenters. The van der Waals surface area contributed by atoms with Crippen LogP contribution in [0.15, 0.2) is 36.7 Å². The van der Waals surface area contributed by atoms with E-state index in [0.717, 1.165) is 38.1 Å². The zero-order chi connectivity index (χ0) is 17.4. The van der Waals surface area contributed by atoms with E-state index in [1.165, 1.54) is 11.1 Å². The third kappa shape index (κ3) is 3.28. The van der Waals surface area contributed by atoms with E-state index in [9.17, 15) is 4.79 Å². The Bertz CT molecular complexity index is 770. The minimum absolute atomic E-state index is 0.133. The standard InChI is InChI=1S/C20H25N3O2/c1-22-12-15(11-21-22)9-14-7-8-23(13-14)20(24)18-10-17(18)16-5-3-4-6-19(16)25-2/h3-6,11-12,14,17-18H,7-10,13H2,1-2H3/t14-,17-,18-/m0/s1. The summed E-state index contributed by atoms with van der Waals surface area (Å²) in [6, 6.07) is 8.07. The summed E-state index contributed by atoms with van der Waals surface area (Å²) in [4.78, 5) is 14.9. The van der Waals surface area contributed by atoms with Gasteiger partial charge in [-0.3, -0.25) is 9.48 Å². The van der Waals surface area contributed by atoms with E-state index in [-0.39, 0.29) is 5.92 Å². The number of amides is 1. The third-order valence-electron chi connectivity index (χ3n) is 5.53. The van der Waals surface area contributed by atoms with Crippen LogP contribution >= 0.6 is 0 Å². The second-order valence-corrected chi connectivity index (χ2v) is 7.36. The fraction of sp³-hybridized carbons (Fsp3) is 0.500. The summed E-state index contributed by atoms with van der Waals surface area (Å²) in [5, 5.41) is 4.24. The van der Waals surface area contributed by atoms with Crippen molar-refractivity contribution in [1.82, 2.24) is 14.7 Å². The number of aromatic nitrogens is 2. The summed E-state index contributed by atoms with van der Waals surface area (Å²) in [5.41, 5.74) is 2.44. The summed E-state index contributed by atoms with van der Waals surface area (Å²) >= 11 is 0. The van der Waals surface area contributed by atoms with Crippen molar-refractivity contribution in [2.24, 2.45) is 18.9 Å². The molecule has 2 fully saturated rings. The van der Waals surface area contributed by atoms with Crippen molar-refractivity contribution in [3.63, 3.8) is 0 Å². The molecule has 25 heavy (non-hydrogen) atoms. The maximum Gasteiger partial charge on any atom is 0.226 e. The fourth-order valence-corrected chi connectivity index (χ4v) is 4.13. The quantitative estimate of drug-likeness (QED) is 0.841. The first-order valence-electron chi connectivity index (χ1n) is 9.05. The van der Waals surface area contributed by atoms with Crippen molar-refractivity contribution in [3.05, 3.63) is 47.8 Å². The Morgan fingerprint density at radius 1 is 1.36 bits per heavy atom. The third-order valence-corrected chi connectivity index (χ3v) is 5.53. The average molecular weight is 339 g/mol. The number of carbonyl (C=O) groups is 1. The van der Waals surface area contributed by atoms with Gasteiger partial charge in [0.2, 0.25) is 5.91 Å². The number of nitrogens with zero attached hydrogens (tertiary/aromatic N) is 3. The number of para-hydroxylation sites is 1. The van der Waals surface area contributed by atoms with Crippen molar-refractivity contribution in [2.45, 2.75) is 25.2 Å². The van der Waals surface area contributed by atoms with Crippen LogP contribution in [0.5, 0.6) is 5.75 Å². The van der Waals surface area contributed by atoms with Crippen LogP contribution in [0.3, 0.4) is 0 Å². The van der Waals surface area contributed by atoms with Gasteiger partial charge in [-0.1, -0.05) is 18.2 Å². The first-order valence-corrected chi connectivity index (χ1v) is 9.05. The number of rotatable bonds is 5. The molecule has 4 rings (SSSR count). The maximum atomic E-state index is 12.9. The molecule has 0 bridgehead atoms. The summed E-state index contributed by atoms with van der Waals surface area (Å²) in [6.45, 7) is 1.77. The number of hydrogen-bond donors (Lipinski definition) is 0. The first-order chi connectivity index (χ1) is 12.2. The zero-order valence-corrected chi connectivity index (χ0v) is 14.9. The van der Waals surface area contributed by atoms with E-state index >= 15 is 0 Å². The number of ether oxygens (including phenoxy) is 1. The highest BCUT2D eigenvalue weighted by Crippen LogP contribution is 2.51. The van der Waals surface area contributed by atoms with Gasteiger partial charge < -0.3 is 9.64 Å². The van der Waals surface area contributed by atoms with E-state index in [0.29, 0.717) is 17.7 Å². The van der Waals surface area contributed by atoms with Gasteiger partial charge in [-0.25, -0.2) is 0 Å². The number of likely N-dealkylation sites (tertiary alicyclic amines) is 1. The smallest absolute Gasteiger partial charge is 0.226 e. The minimum atomic E-state index is 0.133. The molecule has 1 aromatic heterocycles. The Kier molecular flexibility index (Phi) is 4.24. The molecule has 1 aliphatic carbocycles. The van der Waals surface area contributed by atoms with Crippen LogP contribution < -0.4 is 4.74 Å². The highest BCUT2D eigenvalue weighted by atomic mass is 16.5. The van der Waals surface area contributed by atoms with Crippen LogP contribution in [0.25, 0.3) is 0 Å². The second-order valence-electron chi connectivity index (χ2n) is 7.36. The van der Waals surface area contributed by atoms with Gasteiger partial charge in [0.25, 0.3) is 0 Å². The molecule has 0 spiro atoms. The lowest BCUT2D eigenvalue weighted by Gasteiger charge is -2.17. The normalized spacial score (nSPS) is 25.2. The maximum absolute atomic E-state index is 12.9. The van der Waals surface area contributed by atoms with Gasteiger partial charge in [0.05, 0.1) is 13.3 Å². The van der Waals surface area contributed by atoms with Crippen LogP contribution in [0.2, 0.25) is 0 Å². The van der Waals surface area contributed by atoms with Crippen molar-refractivity contribution in [2.75, 3.05) is 20.2 Å². The summed E-state index contributed by atoms with van der Waals surface area (Å²) in [5.74, 6) is 2.23. The van der Waals surface area contributed by atoms with Crippen molar-refractivity contribution in [3.8, 4) is 5.75 Å². The lowest BCUT2D eigenvalue weighted by molar-refractivity contribution is -0.131. The molecule has 5 heteroatoms. The van der Waals surface area contributed by atoms with E-state index < -0.39 is 0 Å². The van der Waals surface area contributed by atoms with Crippen LogP contribution in [-0.4, -0.2) is 40.8 Å². The molecule has 132 valence electrons. The molecule has 1 saturated carbocycles. The Balaban J connectivity index is 1.35. The summed E-state index contributed by atoms with van der Waals surface area (Å²) in [6.07, 6.45) is 7.06. The molecule has 2 heterocycles. The Labute approximate surface area is 148 Å². The molecule has 5 nitrogen and oxygen atoms in total. The fourth-order valence-electron chi connectivity index (χ4n) is 4.13. The van der Waals surface area contributed by atoms with Gasteiger partial charge in [0.1, 0.15) is 5.75 Å². The number of methoxy groups -OCH3 is 1. The van der Waals surface area contributed by atoms with Gasteiger partial charge in [-0.2, -0.15) is 5.10 Å². The van der Waals surface area contributed by atoms with Gasteiger partial charge in [-0.15, -0.1) is 0 Å². The second kappa shape index (κ2) is 6.54. The first kappa shape index (κ1) is 16.2. The summed E-state index contributed by atoms with van der Waals surface area (Å²) in [7, 11) is 3.64. The summed E-state index contributed by atoms with van der Waals surface area (Å²) < 4.78 is 7.30. The average Bonchev–Trinajstić information content (AvgIpc) is 3.11. The van der Waals surface area contributed by atoms with Crippen LogP contribution in [0, 0.1) is 11.8 Å². The molecule has 0 radical (unpaired) electrons. The van der Waals surface area contributed by atoms with Gasteiger partial charge in [0, 0.05) is 32.3 Å². The van der Waals surface area contributed by atoms with Crippen LogP contribution in [-0.2, 0) is 18.3 Å². The molecular formula is C20H25N3O2. The Hall–Kier alpha value is -2.30. The zero-order valence-electron chi connectivity index (χ0n) is 14.9. The topological polar surface area (TPSA) is 47.4 Å². The molecule has 2 aromatic rings. The molecule has 2 aliphatic rings. The van der Waals surface area contributed by atoms with Gasteiger partial charge >= 0.3 is 0 Å². The monoisotopic (exact) mass is 339 g/mol. The molecule has 0 N–H and O–H groups in total. The Morgan fingerprint density at radius 3 is 2.96 bits per heavy atom. The Morgan fingerprint density at radius 2 is 2.20 bits per heavy atom. The predicted molar refractivity (Wildman–Crippen MR) is 95.4 cm³/mol. The predicted octanol–water partition coefficient (Wildman–Crippen LogP) is 2.62. The van der Waals surface area contributed by atoms with Crippen LogP contribution in [0.4, 0.5) is 0 Å². The van der Waals surface area contributed by atoms with E-state index in [1.54, 1.807) is 7.11 Å². The molecule has 3 atom stereocenters. The van der Waals surface area contributed by atoms with Gasteiger partial charge in [-0.05, 0) is 48.3 Å². The van der Waals surface area contributed by atoms with E-state index in [2.05, 4.69) is 22.3 Å². The molecule has 1 amide bonds. The van der Waals surface area contributed by atoms with Crippen molar-refractivity contribution in [1.29, 1.82) is 0 Å². The van der Waals surface area contributed by atoms with Crippen molar-refractivity contribution >= 4 is 5.91 Å². The van der Waals surface area contributed by atoms with Gasteiger partial charge in [0.15, 0.2) is 0 Å². The van der Waals surface area contributed by atoms with Crippen LogP contribution in [0.1, 0.15) is 29.9 Å². The number of hydrogen-bond acceptors (Lipinski definition) is 3. The van der Waals surface area contributed by atoms with E-state index in [4.69, 9.17) is 4.74 Å². The number of benzene rings is 1. The molecule has 1 aliphatic heterocycles. The molecular weight excluding hydrogens is 314 g/mol. The largest absolute Gasteiger partial charge is 0.496 e. The van der Waals surface area contributed by atoms with E-state index in [1.807, 2.05) is 36.1 Å². The molecule has 1 saturated heterocycles. The minimum Gasteiger partial charge on any atom is -0.496 e. The number of carbonyl (C=O) groups excluding carboxylic acids is 1. The highest BCUT2D eigenvalue weighted by molar-refractivity contribution is 5.83. The SMILES string of the molecule is COc1ccccc1[C@@H]1C[C@@H]1C(=O)N1CC[C@@H](Cc2cnn(C)c2)C1. The molecule has 1 aromatic carbocycles. The lowest BCUT2D eigenvalue weighted by Crippen LogP contribution is -2.30. The highest BCUT2D eigenvalue weighted by Gasteiger charge is 2.47.